The van der Waals surface area contributed by atoms with Gasteiger partial charge in [-0.05, 0) is 0 Å². The van der Waals surface area contributed by atoms with Gasteiger partial charge in [0.1, 0.15) is 0 Å². The van der Waals surface area contributed by atoms with E-state index in [-0.39, 0.29) is 30.7 Å². The van der Waals surface area contributed by atoms with E-state index < -0.39 is 19.0 Å². The summed E-state index contributed by atoms with van der Waals surface area (Å²) in [6, 6.07) is 0. The van der Waals surface area contributed by atoms with Crippen molar-refractivity contribution < 1.29 is 29.0 Å². The van der Waals surface area contributed by atoms with E-state index in [9.17, 15) is 0 Å². The van der Waals surface area contributed by atoms with Gasteiger partial charge in [0.2, 0.25) is 0 Å². The second-order valence-corrected chi connectivity index (χ2v) is 7.34. The standard InChI is InChI=1S/C6H14.3C3H7O.ClH.Ti/c1-3-5-6-4-2;3*1-3(2)4;;/h3-6H2,1-2H3;3*3H,1-2H3;1H;/q;3*-1;;+3. The summed E-state index contributed by atoms with van der Waals surface area (Å²) in [7, 11) is 0. The molecule has 0 rings (SSSR count). The number of unbranched alkanes of at least 4 members (excludes halogenated alkanes) is 3. The largest absolute Gasteiger partial charge is 0.147 e. The van der Waals surface area contributed by atoms with Crippen LogP contribution in [-0.4, -0.2) is 18.3 Å². The van der Waals surface area contributed by atoms with Crippen molar-refractivity contribution in [1.29, 1.82) is 0 Å². The molecular formula is C15H36ClO3Ti. The molecule has 0 aliphatic heterocycles. The van der Waals surface area contributed by atoms with Gasteiger partial charge in [0.05, 0.1) is 0 Å². The van der Waals surface area contributed by atoms with Gasteiger partial charge >= 0.3 is 88.8 Å². The Hall–Kier alpha value is 0.884. The van der Waals surface area contributed by atoms with Crippen LogP contribution in [0.4, 0.5) is 0 Å². The van der Waals surface area contributed by atoms with Gasteiger partial charge in [0.15, 0.2) is 0 Å². The number of rotatable bonds is 9. The van der Waals surface area contributed by atoms with Crippen molar-refractivity contribution in [3.05, 3.63) is 0 Å². The predicted octanol–water partition coefficient (Wildman–Crippen LogP) is 5.63. The maximum Gasteiger partial charge on any atom is -0.0536 e. The van der Waals surface area contributed by atoms with Gasteiger partial charge in [-0.3, -0.25) is 0 Å². The Morgan fingerprint density at radius 1 is 0.650 bits per heavy atom. The fourth-order valence-corrected chi connectivity index (χ4v) is 3.22. The fourth-order valence-electron chi connectivity index (χ4n) is 1.16. The average Bonchev–Trinajstić information content (AvgIpc) is 2.24. The molecule has 5 heteroatoms. The van der Waals surface area contributed by atoms with Crippen LogP contribution in [0.2, 0.25) is 0 Å². The fraction of sp³-hybridized carbons (Fsp3) is 1.00. The molecule has 0 saturated carbocycles. The van der Waals surface area contributed by atoms with E-state index in [1.54, 1.807) is 0 Å². The SMILES string of the molecule is CC(C)[O][Ti]([O]C(C)C)[O]C(C)C.CCCCCC.Cl. The second kappa shape index (κ2) is 17.9. The maximum absolute atomic E-state index is 5.59. The summed E-state index contributed by atoms with van der Waals surface area (Å²) in [6.45, 7) is 16.5. The summed E-state index contributed by atoms with van der Waals surface area (Å²) in [5.41, 5.74) is 0. The van der Waals surface area contributed by atoms with Gasteiger partial charge in [-0.25, -0.2) is 0 Å². The molecule has 0 aromatic rings. The van der Waals surface area contributed by atoms with Crippen LogP contribution in [0.3, 0.4) is 0 Å². The van der Waals surface area contributed by atoms with E-state index in [0.29, 0.717) is 0 Å². The molecule has 0 unspecified atom stereocenters. The number of halogens is 1. The van der Waals surface area contributed by atoms with Crippen molar-refractivity contribution in [2.75, 3.05) is 0 Å². The molecule has 0 atom stereocenters. The van der Waals surface area contributed by atoms with Gasteiger partial charge in [0.25, 0.3) is 0 Å². The van der Waals surface area contributed by atoms with E-state index in [1.165, 1.54) is 25.7 Å². The van der Waals surface area contributed by atoms with Crippen molar-refractivity contribution in [3.8, 4) is 0 Å². The number of hydrogen-bond acceptors (Lipinski definition) is 3. The molecule has 0 radical (unpaired) electrons. The average molecular weight is 348 g/mol. The molecule has 0 spiro atoms. The summed E-state index contributed by atoms with van der Waals surface area (Å²) in [5.74, 6) is 0. The van der Waals surface area contributed by atoms with Crippen molar-refractivity contribution >= 4 is 12.4 Å². The third-order valence-corrected chi connectivity index (χ3v) is 5.06. The zero-order chi connectivity index (χ0) is 15.3. The predicted molar refractivity (Wildman–Crippen MR) is 85.7 cm³/mol. The van der Waals surface area contributed by atoms with Crippen molar-refractivity contribution in [1.82, 2.24) is 0 Å². The Morgan fingerprint density at radius 2 is 0.900 bits per heavy atom. The Balaban J connectivity index is -0.000000352. The minimum Gasteiger partial charge on any atom is -0.147 e. The van der Waals surface area contributed by atoms with E-state index in [2.05, 4.69) is 13.8 Å². The third-order valence-electron chi connectivity index (χ3n) is 1.95. The minimum absolute atomic E-state index is 0. The van der Waals surface area contributed by atoms with Crippen molar-refractivity contribution in [2.24, 2.45) is 0 Å². The first-order chi connectivity index (χ1) is 8.83. The quantitative estimate of drug-likeness (QED) is 0.399. The Morgan fingerprint density at radius 3 is 1.05 bits per heavy atom. The van der Waals surface area contributed by atoms with Crippen LogP contribution in [-0.2, 0) is 29.0 Å². The molecular weight excluding hydrogens is 311 g/mol. The molecule has 20 heavy (non-hydrogen) atoms. The van der Waals surface area contributed by atoms with Gasteiger partial charge in [-0.2, -0.15) is 0 Å². The van der Waals surface area contributed by atoms with Crippen LogP contribution in [0.5, 0.6) is 0 Å². The van der Waals surface area contributed by atoms with E-state index >= 15 is 0 Å². The van der Waals surface area contributed by atoms with Crippen LogP contribution < -0.4 is 0 Å². The zero-order valence-electron chi connectivity index (χ0n) is 14.7. The maximum atomic E-state index is 5.59. The molecule has 0 aliphatic carbocycles. The molecule has 0 aromatic carbocycles. The van der Waals surface area contributed by atoms with Gasteiger partial charge < -0.3 is 0 Å². The van der Waals surface area contributed by atoms with Gasteiger partial charge in [0, 0.05) is 0 Å². The summed E-state index contributed by atoms with van der Waals surface area (Å²) in [4.78, 5) is 0. The second-order valence-electron chi connectivity index (χ2n) is 5.46. The van der Waals surface area contributed by atoms with Crippen LogP contribution in [0.1, 0.15) is 81.1 Å². The first-order valence-corrected chi connectivity index (χ1v) is 9.61. The topological polar surface area (TPSA) is 27.7 Å². The first kappa shape index (κ1) is 25.8. The molecule has 0 bridgehead atoms. The zero-order valence-corrected chi connectivity index (χ0v) is 17.1. The van der Waals surface area contributed by atoms with Crippen LogP contribution >= 0.6 is 12.4 Å². The van der Waals surface area contributed by atoms with Crippen LogP contribution in [0.25, 0.3) is 0 Å². The molecule has 0 saturated heterocycles. The van der Waals surface area contributed by atoms with Crippen LogP contribution in [0.15, 0.2) is 0 Å². The Labute approximate surface area is 140 Å². The van der Waals surface area contributed by atoms with E-state index in [4.69, 9.17) is 9.96 Å². The molecule has 0 N–H and O–H groups in total. The molecule has 125 valence electrons. The molecule has 0 heterocycles. The third kappa shape index (κ3) is 23.9. The van der Waals surface area contributed by atoms with Crippen molar-refractivity contribution in [3.63, 3.8) is 0 Å². The van der Waals surface area contributed by atoms with Crippen LogP contribution in [0, 0.1) is 0 Å². The molecule has 0 aromatic heterocycles. The molecule has 0 fully saturated rings. The summed E-state index contributed by atoms with van der Waals surface area (Å²) in [5, 5.41) is 0. The minimum atomic E-state index is -2.18. The Kier molecular flexibility index (Phi) is 23.2. The van der Waals surface area contributed by atoms with Crippen molar-refractivity contribution in [2.45, 2.75) is 99.4 Å². The summed E-state index contributed by atoms with van der Waals surface area (Å²) < 4.78 is 16.8. The van der Waals surface area contributed by atoms with Gasteiger partial charge in [-0.1, -0.05) is 39.5 Å². The number of hydrogen-bond donors (Lipinski definition) is 0. The Bertz CT molecular complexity index is 151. The molecule has 0 aliphatic rings. The monoisotopic (exact) mass is 347 g/mol. The normalized spacial score (nSPS) is 10.3. The first-order valence-electron chi connectivity index (χ1n) is 7.70. The molecule has 0 amide bonds. The van der Waals surface area contributed by atoms with E-state index in [0.717, 1.165) is 0 Å². The summed E-state index contributed by atoms with van der Waals surface area (Å²) >= 11 is -2.18. The molecule has 3 nitrogen and oxygen atoms in total. The smallest absolute Gasteiger partial charge is 0.0536 e. The van der Waals surface area contributed by atoms with E-state index in [1.807, 2.05) is 41.5 Å². The van der Waals surface area contributed by atoms with Gasteiger partial charge in [-0.15, -0.1) is 12.4 Å². The summed E-state index contributed by atoms with van der Waals surface area (Å²) in [6.07, 6.45) is 6.10.